The van der Waals surface area contributed by atoms with E-state index in [-0.39, 0.29) is 61.8 Å². The van der Waals surface area contributed by atoms with Gasteiger partial charge in [0.05, 0.1) is 34.9 Å². The summed E-state index contributed by atoms with van der Waals surface area (Å²) in [6.45, 7) is 2.03. The zero-order valence-corrected chi connectivity index (χ0v) is 27.3. The van der Waals surface area contributed by atoms with E-state index in [1.807, 2.05) is 0 Å². The van der Waals surface area contributed by atoms with Crippen molar-refractivity contribution in [3.63, 3.8) is 0 Å². The number of carbonyl (C=O) groups is 4. The lowest BCUT2D eigenvalue weighted by Crippen LogP contribution is -2.45. The van der Waals surface area contributed by atoms with Crippen LogP contribution in [0.4, 0.5) is 11.4 Å². The van der Waals surface area contributed by atoms with Gasteiger partial charge in [-0.3, -0.25) is 59.6 Å². The smallest absolute Gasteiger partial charge is 0.320 e. The summed E-state index contributed by atoms with van der Waals surface area (Å²) in [4.78, 5) is 91.9. The quantitative estimate of drug-likeness (QED) is 0.114. The lowest BCUT2D eigenvalue weighted by molar-refractivity contribution is -0.485. The highest BCUT2D eigenvalue weighted by Gasteiger charge is 2.58. The Bertz CT molecular complexity index is 1520. The molecule has 0 spiro atoms. The molecule has 0 bridgehead atoms. The molecule has 2 saturated carbocycles. The molecule has 2 aromatic rings. The number of hydrogen-bond acceptors (Lipinski definition) is 14. The average molecular weight is 701 g/mol. The number of Topliss-reactive ketones (excluding diaryl/α,β-unsaturated/α-hetero) is 2. The molecule has 0 saturated heterocycles. The van der Waals surface area contributed by atoms with Crippen molar-refractivity contribution in [2.75, 3.05) is 26.3 Å². The van der Waals surface area contributed by atoms with E-state index in [1.54, 1.807) is 13.8 Å². The van der Waals surface area contributed by atoms with E-state index in [2.05, 4.69) is 0 Å². The van der Waals surface area contributed by atoms with Crippen molar-refractivity contribution in [2.45, 2.75) is 64.2 Å². The molecule has 18 heteroatoms. The molecular weight excluding hydrogens is 664 g/mol. The fourth-order valence-electron chi connectivity index (χ4n) is 6.80. The van der Waals surface area contributed by atoms with E-state index in [4.69, 9.17) is 9.47 Å². The van der Waals surface area contributed by atoms with Crippen LogP contribution in [0.1, 0.15) is 75.3 Å². The van der Waals surface area contributed by atoms with Crippen molar-refractivity contribution >= 4 is 34.9 Å². The molecular formula is C32H36N4O14. The highest BCUT2D eigenvalue weighted by atomic mass is 16.6. The van der Waals surface area contributed by atoms with Gasteiger partial charge in [-0.15, -0.1) is 0 Å². The molecule has 18 nitrogen and oxygen atoms in total. The number of hydrogen-bond donors (Lipinski definition) is 0. The second kappa shape index (κ2) is 16.6. The minimum atomic E-state index is -1.61. The Labute approximate surface area is 284 Å². The van der Waals surface area contributed by atoms with E-state index >= 15 is 0 Å². The number of carbonyl (C=O) groups excluding carboxylic acids is 4. The van der Waals surface area contributed by atoms with Crippen LogP contribution in [-0.4, -0.2) is 69.5 Å². The summed E-state index contributed by atoms with van der Waals surface area (Å²) in [5.74, 6) is -4.34. The van der Waals surface area contributed by atoms with E-state index < -0.39 is 67.4 Å². The highest BCUT2D eigenvalue weighted by molar-refractivity contribution is 6.07. The Morgan fingerprint density at radius 3 is 1.18 bits per heavy atom. The van der Waals surface area contributed by atoms with Gasteiger partial charge >= 0.3 is 11.9 Å². The van der Waals surface area contributed by atoms with Crippen LogP contribution in [0.5, 0.6) is 0 Å². The maximum atomic E-state index is 12.6. The number of ether oxygens (including phenoxy) is 2. The zero-order chi connectivity index (χ0) is 37.2. The van der Waals surface area contributed by atoms with Crippen LogP contribution < -0.4 is 0 Å². The Hall–Kier alpha value is -5.68. The van der Waals surface area contributed by atoms with E-state index in [9.17, 15) is 59.6 Å². The standard InChI is InChI=1S/2C16H18N2O7/c2*1-2-25-15(20)16(9-3-4-14(16)19)13(10-17(21)22)11-5-7-12(8-6-11)18(23)24/h2*5-8,13H,2-4,9-10H2,1H3/t2*13-,16-/m00/s1. The predicted octanol–water partition coefficient (Wildman–Crippen LogP) is 4.52. The summed E-state index contributed by atoms with van der Waals surface area (Å²) in [6.07, 6.45) is 1.53. The van der Waals surface area contributed by atoms with Crippen molar-refractivity contribution in [3.8, 4) is 0 Å². The van der Waals surface area contributed by atoms with E-state index in [0.29, 0.717) is 24.0 Å². The molecule has 0 radical (unpaired) electrons. The van der Waals surface area contributed by atoms with Gasteiger partial charge in [-0.05, 0) is 50.7 Å². The van der Waals surface area contributed by atoms with Crippen LogP contribution in [0.25, 0.3) is 0 Å². The second-order valence-electron chi connectivity index (χ2n) is 11.8. The molecule has 0 unspecified atom stereocenters. The van der Waals surface area contributed by atoms with Gasteiger partial charge in [0.15, 0.2) is 11.6 Å². The van der Waals surface area contributed by atoms with Gasteiger partial charge in [0, 0.05) is 47.0 Å². The average Bonchev–Trinajstić information content (AvgIpc) is 3.66. The number of non-ortho nitro benzene ring substituents is 2. The first kappa shape index (κ1) is 38.8. The fourth-order valence-corrected chi connectivity index (χ4v) is 6.80. The van der Waals surface area contributed by atoms with Gasteiger partial charge in [-0.2, -0.15) is 0 Å². The first-order valence-corrected chi connectivity index (χ1v) is 15.8. The Morgan fingerprint density at radius 1 is 0.640 bits per heavy atom. The van der Waals surface area contributed by atoms with Crippen molar-refractivity contribution in [3.05, 3.63) is 100 Å². The van der Waals surface area contributed by atoms with E-state index in [0.717, 1.165) is 0 Å². The van der Waals surface area contributed by atoms with Crippen molar-refractivity contribution in [2.24, 2.45) is 10.8 Å². The largest absolute Gasteiger partial charge is 0.465 e. The molecule has 2 aromatic carbocycles. The number of nitrogens with zero attached hydrogens (tertiary/aromatic N) is 4. The lowest BCUT2D eigenvalue weighted by atomic mass is 9.69. The molecule has 0 aliphatic heterocycles. The summed E-state index contributed by atoms with van der Waals surface area (Å²) in [5, 5.41) is 43.9. The third kappa shape index (κ3) is 8.12. The molecule has 2 aliphatic rings. The maximum Gasteiger partial charge on any atom is 0.320 e. The SMILES string of the molecule is CCOC(=O)[C@]1([C@@H](C[N+](=O)[O-])c2ccc([N+](=O)[O-])cc2)CCCC1=O.CCOC(=O)[C@]1([C@@H](C[N+](=O)[O-])c2ccc([N+](=O)[O-])cc2)CCCC1=O. The van der Waals surface area contributed by atoms with Gasteiger partial charge < -0.3 is 9.47 Å². The van der Waals surface area contributed by atoms with Crippen LogP contribution in [0.2, 0.25) is 0 Å². The van der Waals surface area contributed by atoms with E-state index in [1.165, 1.54) is 48.5 Å². The minimum absolute atomic E-state index is 0.0549. The van der Waals surface area contributed by atoms with Gasteiger partial charge in [0.1, 0.15) is 10.8 Å². The molecule has 4 rings (SSSR count). The number of ketones is 2. The normalized spacial score (nSPS) is 20.9. The topological polar surface area (TPSA) is 259 Å². The minimum Gasteiger partial charge on any atom is -0.465 e. The number of nitro groups is 4. The second-order valence-corrected chi connectivity index (χ2v) is 11.8. The molecule has 50 heavy (non-hydrogen) atoms. The van der Waals surface area contributed by atoms with Gasteiger partial charge in [-0.25, -0.2) is 0 Å². The van der Waals surface area contributed by atoms with Gasteiger partial charge in [-0.1, -0.05) is 24.3 Å². The number of rotatable bonds is 14. The molecule has 268 valence electrons. The predicted molar refractivity (Wildman–Crippen MR) is 171 cm³/mol. The molecule has 2 fully saturated rings. The summed E-state index contributed by atoms with van der Waals surface area (Å²) < 4.78 is 10.1. The monoisotopic (exact) mass is 700 g/mol. The molecule has 0 amide bonds. The molecule has 2 aliphatic carbocycles. The fraction of sp³-hybridized carbons (Fsp3) is 0.500. The third-order valence-electron chi connectivity index (χ3n) is 9.09. The third-order valence-corrected chi connectivity index (χ3v) is 9.09. The summed E-state index contributed by atoms with van der Waals surface area (Å²) in [7, 11) is 0. The summed E-state index contributed by atoms with van der Waals surface area (Å²) >= 11 is 0. The maximum absolute atomic E-state index is 12.6. The Morgan fingerprint density at radius 2 is 0.960 bits per heavy atom. The Balaban J connectivity index is 0.000000270. The van der Waals surface area contributed by atoms with Crippen LogP contribution in [-0.2, 0) is 28.7 Å². The van der Waals surface area contributed by atoms with Gasteiger partial charge in [0.25, 0.3) is 11.4 Å². The van der Waals surface area contributed by atoms with Crippen LogP contribution in [0, 0.1) is 51.3 Å². The molecule has 0 aromatic heterocycles. The Kier molecular flexibility index (Phi) is 12.9. The van der Waals surface area contributed by atoms with Crippen LogP contribution >= 0.6 is 0 Å². The number of benzene rings is 2. The molecule has 0 N–H and O–H groups in total. The highest BCUT2D eigenvalue weighted by Crippen LogP contribution is 2.49. The lowest BCUT2D eigenvalue weighted by Gasteiger charge is -2.31. The van der Waals surface area contributed by atoms with Gasteiger partial charge in [0.2, 0.25) is 13.1 Å². The first-order valence-electron chi connectivity index (χ1n) is 15.8. The molecule has 0 heterocycles. The van der Waals surface area contributed by atoms with Crippen LogP contribution in [0.15, 0.2) is 48.5 Å². The molecule has 4 atom stereocenters. The van der Waals surface area contributed by atoms with Crippen molar-refractivity contribution in [1.82, 2.24) is 0 Å². The first-order chi connectivity index (χ1) is 23.6. The summed E-state index contributed by atoms with van der Waals surface area (Å²) in [5.41, 5.74) is -2.90. The van der Waals surface area contributed by atoms with Crippen molar-refractivity contribution in [1.29, 1.82) is 0 Å². The summed E-state index contributed by atoms with van der Waals surface area (Å²) in [6, 6.07) is 10.3. The van der Waals surface area contributed by atoms with Crippen molar-refractivity contribution < 1.29 is 48.3 Å². The number of nitro benzene ring substituents is 2. The zero-order valence-electron chi connectivity index (χ0n) is 27.3. The van der Waals surface area contributed by atoms with Crippen LogP contribution in [0.3, 0.4) is 0 Å². The number of esters is 2.